The van der Waals surface area contributed by atoms with Gasteiger partial charge in [-0.1, -0.05) is 12.1 Å². The van der Waals surface area contributed by atoms with Crippen LogP contribution in [0.4, 0.5) is 4.39 Å². The van der Waals surface area contributed by atoms with Crippen molar-refractivity contribution in [2.24, 2.45) is 12.0 Å². The van der Waals surface area contributed by atoms with Crippen LogP contribution in [-0.4, -0.2) is 34.7 Å². The Morgan fingerprint density at radius 1 is 1.33 bits per heavy atom. The van der Waals surface area contributed by atoms with Crippen molar-refractivity contribution in [3.05, 3.63) is 53.6 Å². The number of aliphatic imine (C=N–C) groups is 1. The molecule has 112 valence electrons. The van der Waals surface area contributed by atoms with Gasteiger partial charge in [-0.3, -0.25) is 9.67 Å². The van der Waals surface area contributed by atoms with E-state index in [1.54, 1.807) is 23.9 Å². The summed E-state index contributed by atoms with van der Waals surface area (Å²) in [7, 11) is 5.58. The Labute approximate surface area is 124 Å². The van der Waals surface area contributed by atoms with Crippen molar-refractivity contribution in [2.45, 2.75) is 13.1 Å². The number of hydrogen-bond donors (Lipinski definition) is 1. The van der Waals surface area contributed by atoms with Crippen molar-refractivity contribution in [3.63, 3.8) is 0 Å². The number of benzene rings is 1. The molecule has 1 heterocycles. The van der Waals surface area contributed by atoms with E-state index >= 15 is 0 Å². The van der Waals surface area contributed by atoms with Crippen LogP contribution in [0.25, 0.3) is 0 Å². The van der Waals surface area contributed by atoms with E-state index in [9.17, 15) is 4.39 Å². The zero-order valence-corrected chi connectivity index (χ0v) is 12.5. The first-order valence-corrected chi connectivity index (χ1v) is 6.72. The van der Waals surface area contributed by atoms with Crippen molar-refractivity contribution in [1.29, 1.82) is 0 Å². The Kier molecular flexibility index (Phi) is 4.92. The average molecular weight is 289 g/mol. The van der Waals surface area contributed by atoms with Crippen LogP contribution in [0.1, 0.15) is 11.1 Å². The highest BCUT2D eigenvalue weighted by Gasteiger charge is 2.07. The summed E-state index contributed by atoms with van der Waals surface area (Å²) in [6, 6.07) is 6.49. The van der Waals surface area contributed by atoms with Crippen LogP contribution >= 0.6 is 0 Å². The highest BCUT2D eigenvalue weighted by Crippen LogP contribution is 2.06. The molecule has 0 aliphatic heterocycles. The summed E-state index contributed by atoms with van der Waals surface area (Å²) in [5.41, 5.74) is 2.12. The standard InChI is InChI=1S/C15H20FN5/c1-17-15(18-8-13-9-19-21(3)11-13)20(2)10-12-4-6-14(16)7-5-12/h4-7,9,11H,8,10H2,1-3H3,(H,17,18). The predicted molar refractivity (Wildman–Crippen MR) is 81.3 cm³/mol. The zero-order chi connectivity index (χ0) is 15.2. The molecule has 0 saturated heterocycles. The van der Waals surface area contributed by atoms with Crippen molar-refractivity contribution < 1.29 is 4.39 Å². The largest absolute Gasteiger partial charge is 0.352 e. The fraction of sp³-hybridized carbons (Fsp3) is 0.333. The molecule has 0 atom stereocenters. The average Bonchev–Trinajstić information content (AvgIpc) is 2.88. The van der Waals surface area contributed by atoms with Crippen molar-refractivity contribution in [3.8, 4) is 0 Å². The molecular weight excluding hydrogens is 269 g/mol. The summed E-state index contributed by atoms with van der Waals surface area (Å²) in [5, 5.41) is 7.41. The van der Waals surface area contributed by atoms with Crippen LogP contribution in [0, 0.1) is 5.82 Å². The maximum atomic E-state index is 12.9. The molecule has 21 heavy (non-hydrogen) atoms. The lowest BCUT2D eigenvalue weighted by atomic mass is 10.2. The second-order valence-electron chi connectivity index (χ2n) is 4.91. The van der Waals surface area contributed by atoms with Gasteiger partial charge in [-0.05, 0) is 17.7 Å². The van der Waals surface area contributed by atoms with E-state index < -0.39 is 0 Å². The summed E-state index contributed by atoms with van der Waals surface area (Å²) < 4.78 is 14.7. The van der Waals surface area contributed by atoms with Gasteiger partial charge in [0.1, 0.15) is 5.82 Å². The van der Waals surface area contributed by atoms with Gasteiger partial charge in [0.05, 0.1) is 6.20 Å². The minimum absolute atomic E-state index is 0.222. The van der Waals surface area contributed by atoms with Gasteiger partial charge in [-0.25, -0.2) is 4.39 Å². The molecule has 2 aromatic rings. The molecule has 0 spiro atoms. The van der Waals surface area contributed by atoms with Crippen molar-refractivity contribution in [1.82, 2.24) is 20.0 Å². The predicted octanol–water partition coefficient (Wildman–Crippen LogP) is 1.77. The number of aromatic nitrogens is 2. The number of aryl methyl sites for hydroxylation is 1. The van der Waals surface area contributed by atoms with Gasteiger partial charge >= 0.3 is 0 Å². The van der Waals surface area contributed by atoms with Crippen LogP contribution < -0.4 is 5.32 Å². The molecule has 6 heteroatoms. The molecule has 0 saturated carbocycles. The molecule has 0 amide bonds. The molecule has 0 radical (unpaired) electrons. The SMILES string of the molecule is CN=C(NCc1cnn(C)c1)N(C)Cc1ccc(F)cc1. The highest BCUT2D eigenvalue weighted by atomic mass is 19.1. The Balaban J connectivity index is 1.92. The van der Waals surface area contributed by atoms with Gasteiger partial charge in [0.15, 0.2) is 5.96 Å². The fourth-order valence-electron chi connectivity index (χ4n) is 2.07. The Hall–Kier alpha value is -2.37. The first-order valence-electron chi connectivity index (χ1n) is 6.72. The summed E-state index contributed by atoms with van der Waals surface area (Å²) in [6.07, 6.45) is 3.78. The fourth-order valence-corrected chi connectivity index (χ4v) is 2.07. The first kappa shape index (κ1) is 15.0. The normalized spacial score (nSPS) is 11.5. The van der Waals surface area contributed by atoms with E-state index in [4.69, 9.17) is 0 Å². The molecule has 0 aliphatic carbocycles. The minimum Gasteiger partial charge on any atom is -0.352 e. The molecule has 2 rings (SSSR count). The molecule has 1 aromatic carbocycles. The van der Waals surface area contributed by atoms with Crippen LogP contribution in [-0.2, 0) is 20.1 Å². The molecule has 5 nitrogen and oxygen atoms in total. The van der Waals surface area contributed by atoms with E-state index in [-0.39, 0.29) is 5.82 Å². The van der Waals surface area contributed by atoms with Crippen LogP contribution in [0.5, 0.6) is 0 Å². The van der Waals surface area contributed by atoms with E-state index in [2.05, 4.69) is 15.4 Å². The molecule has 1 aromatic heterocycles. The first-order chi connectivity index (χ1) is 10.1. The van der Waals surface area contributed by atoms with E-state index in [1.807, 2.05) is 31.4 Å². The third-order valence-corrected chi connectivity index (χ3v) is 3.12. The molecule has 0 bridgehead atoms. The minimum atomic E-state index is -0.222. The summed E-state index contributed by atoms with van der Waals surface area (Å²) in [6.45, 7) is 1.32. The quantitative estimate of drug-likeness (QED) is 0.689. The molecular formula is C15H20FN5. The molecule has 0 aliphatic rings. The van der Waals surface area contributed by atoms with Gasteiger partial charge in [0.25, 0.3) is 0 Å². The number of nitrogens with zero attached hydrogens (tertiary/aromatic N) is 4. The molecule has 0 fully saturated rings. The van der Waals surface area contributed by atoms with Crippen molar-refractivity contribution in [2.75, 3.05) is 14.1 Å². The second kappa shape index (κ2) is 6.88. The number of hydrogen-bond acceptors (Lipinski definition) is 2. The number of halogens is 1. The van der Waals surface area contributed by atoms with E-state index in [1.165, 1.54) is 12.1 Å². The summed E-state index contributed by atoms with van der Waals surface area (Å²) in [4.78, 5) is 6.24. The number of guanidine groups is 1. The van der Waals surface area contributed by atoms with Crippen LogP contribution in [0.15, 0.2) is 41.7 Å². The maximum absolute atomic E-state index is 12.9. The lowest BCUT2D eigenvalue weighted by molar-refractivity contribution is 0.476. The smallest absolute Gasteiger partial charge is 0.193 e. The van der Waals surface area contributed by atoms with Gasteiger partial charge < -0.3 is 10.2 Å². The van der Waals surface area contributed by atoms with E-state index in [0.29, 0.717) is 13.1 Å². The lowest BCUT2D eigenvalue weighted by Crippen LogP contribution is -2.37. The molecule has 0 unspecified atom stereocenters. The van der Waals surface area contributed by atoms with Gasteiger partial charge in [-0.2, -0.15) is 5.10 Å². The zero-order valence-electron chi connectivity index (χ0n) is 12.5. The summed E-state index contributed by atoms with van der Waals surface area (Å²) >= 11 is 0. The Morgan fingerprint density at radius 2 is 2.05 bits per heavy atom. The van der Waals surface area contributed by atoms with E-state index in [0.717, 1.165) is 17.1 Å². The van der Waals surface area contributed by atoms with Crippen LogP contribution in [0.2, 0.25) is 0 Å². The lowest BCUT2D eigenvalue weighted by Gasteiger charge is -2.22. The third kappa shape index (κ3) is 4.30. The number of rotatable bonds is 4. The maximum Gasteiger partial charge on any atom is 0.193 e. The Morgan fingerprint density at radius 3 is 2.62 bits per heavy atom. The topological polar surface area (TPSA) is 45.5 Å². The van der Waals surface area contributed by atoms with Gasteiger partial charge in [0, 0.05) is 46.0 Å². The van der Waals surface area contributed by atoms with Gasteiger partial charge in [0.2, 0.25) is 0 Å². The second-order valence-corrected chi connectivity index (χ2v) is 4.91. The molecule has 1 N–H and O–H groups in total. The van der Waals surface area contributed by atoms with Crippen molar-refractivity contribution >= 4 is 5.96 Å². The van der Waals surface area contributed by atoms with Crippen LogP contribution in [0.3, 0.4) is 0 Å². The third-order valence-electron chi connectivity index (χ3n) is 3.12. The highest BCUT2D eigenvalue weighted by molar-refractivity contribution is 5.79. The summed E-state index contributed by atoms with van der Waals surface area (Å²) in [5.74, 6) is 0.559. The van der Waals surface area contributed by atoms with Gasteiger partial charge in [-0.15, -0.1) is 0 Å². The monoisotopic (exact) mass is 289 g/mol. The number of nitrogens with one attached hydrogen (secondary N) is 1. The Bertz CT molecular complexity index is 603.